The Kier molecular flexibility index (Phi) is 7.47. The van der Waals surface area contributed by atoms with Crippen LogP contribution >= 0.6 is 0 Å². The third-order valence-corrected chi connectivity index (χ3v) is 8.25. The average molecular weight is 478 g/mol. The molecule has 0 atom stereocenters. The summed E-state index contributed by atoms with van der Waals surface area (Å²) >= 11 is 0. The molecule has 0 bridgehead atoms. The van der Waals surface area contributed by atoms with Crippen molar-refractivity contribution in [1.82, 2.24) is 10.2 Å². The van der Waals surface area contributed by atoms with Crippen molar-refractivity contribution in [3.63, 3.8) is 0 Å². The topological polar surface area (TPSA) is 52.7 Å². The molecule has 1 saturated heterocycles. The van der Waals surface area contributed by atoms with Gasteiger partial charge in [-0.15, -0.1) is 0 Å². The smallest absolute Gasteiger partial charge is 0.322 e. The van der Waals surface area contributed by atoms with Gasteiger partial charge < -0.3 is 10.2 Å². The van der Waals surface area contributed by atoms with E-state index in [9.17, 15) is 14.0 Å². The second kappa shape index (κ2) is 10.9. The maximum atomic E-state index is 13.1. The number of hydrogen-bond acceptors (Lipinski definition) is 3. The summed E-state index contributed by atoms with van der Waals surface area (Å²) in [7, 11) is 0. The molecule has 6 heteroatoms. The zero-order valence-corrected chi connectivity index (χ0v) is 20.4. The standard InChI is InChI=1S/C29H36FN3O2/c30-25-9-7-23(8-10-25)28(34)24-14-18-32(19-15-24)17-13-21-5-11-26(12-6-21)31-29(35)33-20-16-22-3-1-2-4-27(22)33/h1-4,7-10,21,24,26H,5-6,11-20H2,(H,31,35). The average Bonchev–Trinajstić information content (AvgIpc) is 3.33. The molecule has 2 aromatic rings. The number of piperidine rings is 1. The Balaban J connectivity index is 0.999. The first kappa shape index (κ1) is 24.0. The summed E-state index contributed by atoms with van der Waals surface area (Å²) in [4.78, 5) is 29.9. The molecule has 2 aliphatic heterocycles. The van der Waals surface area contributed by atoms with E-state index in [0.29, 0.717) is 11.5 Å². The summed E-state index contributed by atoms with van der Waals surface area (Å²) in [5.74, 6) is 0.625. The van der Waals surface area contributed by atoms with Gasteiger partial charge in [-0.3, -0.25) is 9.69 Å². The number of carbonyl (C=O) groups excluding carboxylic acids is 2. The van der Waals surface area contributed by atoms with E-state index in [1.807, 2.05) is 23.1 Å². The summed E-state index contributed by atoms with van der Waals surface area (Å²) in [5.41, 5.74) is 2.94. The highest BCUT2D eigenvalue weighted by molar-refractivity contribution is 5.98. The largest absolute Gasteiger partial charge is 0.335 e. The van der Waals surface area contributed by atoms with Crippen molar-refractivity contribution < 1.29 is 14.0 Å². The van der Waals surface area contributed by atoms with E-state index in [1.165, 1.54) is 37.0 Å². The lowest BCUT2D eigenvalue weighted by molar-refractivity contribution is 0.0832. The Morgan fingerprint density at radius 2 is 1.60 bits per heavy atom. The van der Waals surface area contributed by atoms with Gasteiger partial charge in [0.2, 0.25) is 0 Å². The number of nitrogens with zero attached hydrogens (tertiary/aromatic N) is 2. The lowest BCUT2D eigenvalue weighted by Gasteiger charge is -2.34. The van der Waals surface area contributed by atoms with E-state index in [2.05, 4.69) is 16.3 Å². The van der Waals surface area contributed by atoms with E-state index >= 15 is 0 Å². The van der Waals surface area contributed by atoms with Gasteiger partial charge in [-0.25, -0.2) is 9.18 Å². The molecule has 186 valence electrons. The molecule has 0 radical (unpaired) electrons. The molecule has 0 spiro atoms. The van der Waals surface area contributed by atoms with Crippen molar-refractivity contribution in [1.29, 1.82) is 0 Å². The lowest BCUT2D eigenvalue weighted by atomic mass is 9.83. The fourth-order valence-corrected chi connectivity index (χ4v) is 6.03. The zero-order chi connectivity index (χ0) is 24.2. The van der Waals surface area contributed by atoms with E-state index in [0.717, 1.165) is 64.0 Å². The molecule has 0 unspecified atom stereocenters. The highest BCUT2D eigenvalue weighted by Crippen LogP contribution is 2.30. The molecule has 1 aliphatic carbocycles. The fourth-order valence-electron chi connectivity index (χ4n) is 6.03. The second-order valence-electron chi connectivity index (χ2n) is 10.5. The highest BCUT2D eigenvalue weighted by Gasteiger charge is 2.29. The summed E-state index contributed by atoms with van der Waals surface area (Å²) in [6, 6.07) is 14.5. The minimum Gasteiger partial charge on any atom is -0.335 e. The van der Waals surface area contributed by atoms with Gasteiger partial charge >= 0.3 is 6.03 Å². The number of Topliss-reactive ketones (excluding diaryl/α,β-unsaturated/α-hetero) is 1. The van der Waals surface area contributed by atoms with Gasteiger partial charge in [-0.2, -0.15) is 0 Å². The van der Waals surface area contributed by atoms with Crippen LogP contribution in [-0.4, -0.2) is 48.9 Å². The minimum atomic E-state index is -0.301. The van der Waals surface area contributed by atoms with Gasteiger partial charge in [0.05, 0.1) is 0 Å². The number of ketones is 1. The van der Waals surface area contributed by atoms with Crippen molar-refractivity contribution in [2.45, 2.75) is 57.4 Å². The number of amides is 2. The number of halogens is 1. The Bertz CT molecular complexity index is 1020. The third-order valence-electron chi connectivity index (χ3n) is 8.25. The Hall–Kier alpha value is -2.73. The van der Waals surface area contributed by atoms with Gasteiger partial charge in [-0.05, 0) is 113 Å². The molecule has 0 aromatic heterocycles. The fraction of sp³-hybridized carbons (Fsp3) is 0.517. The van der Waals surface area contributed by atoms with Crippen LogP contribution in [0.5, 0.6) is 0 Å². The van der Waals surface area contributed by atoms with Crippen LogP contribution in [0.2, 0.25) is 0 Å². The van der Waals surface area contributed by atoms with Crippen molar-refractivity contribution in [3.05, 3.63) is 65.5 Å². The van der Waals surface area contributed by atoms with Crippen LogP contribution in [0.15, 0.2) is 48.5 Å². The van der Waals surface area contributed by atoms with Crippen molar-refractivity contribution in [2.24, 2.45) is 11.8 Å². The molecule has 5 nitrogen and oxygen atoms in total. The molecule has 2 fully saturated rings. The predicted octanol–water partition coefficient (Wildman–Crippen LogP) is 5.44. The SMILES string of the molecule is O=C(c1ccc(F)cc1)C1CCN(CCC2CCC(NC(=O)N3CCc4ccccc43)CC2)CC1. The molecular weight excluding hydrogens is 441 g/mol. The molecule has 2 aromatic carbocycles. The molecule has 5 rings (SSSR count). The number of anilines is 1. The van der Waals surface area contributed by atoms with E-state index in [4.69, 9.17) is 0 Å². The van der Waals surface area contributed by atoms with Gasteiger partial charge in [0.1, 0.15) is 5.82 Å². The van der Waals surface area contributed by atoms with Crippen molar-refractivity contribution in [3.8, 4) is 0 Å². The number of para-hydroxylation sites is 1. The monoisotopic (exact) mass is 477 g/mol. The summed E-state index contributed by atoms with van der Waals surface area (Å²) in [6.45, 7) is 3.77. The van der Waals surface area contributed by atoms with Gasteiger partial charge in [0.15, 0.2) is 5.78 Å². The second-order valence-corrected chi connectivity index (χ2v) is 10.5. The number of hydrogen-bond donors (Lipinski definition) is 1. The first-order valence-corrected chi connectivity index (χ1v) is 13.2. The molecule has 1 saturated carbocycles. The number of urea groups is 1. The molecule has 2 amide bonds. The summed E-state index contributed by atoms with van der Waals surface area (Å²) in [5, 5.41) is 3.28. The van der Waals surface area contributed by atoms with E-state index < -0.39 is 0 Å². The molecule has 3 aliphatic rings. The van der Waals surface area contributed by atoms with Crippen LogP contribution in [-0.2, 0) is 6.42 Å². The third kappa shape index (κ3) is 5.75. The molecular formula is C29H36FN3O2. The number of nitrogens with one attached hydrogen (secondary N) is 1. The zero-order valence-electron chi connectivity index (χ0n) is 20.4. The van der Waals surface area contributed by atoms with Crippen molar-refractivity contribution >= 4 is 17.5 Å². The van der Waals surface area contributed by atoms with Gasteiger partial charge in [-0.1, -0.05) is 18.2 Å². The predicted molar refractivity (Wildman–Crippen MR) is 136 cm³/mol. The van der Waals surface area contributed by atoms with Crippen LogP contribution in [0.3, 0.4) is 0 Å². The van der Waals surface area contributed by atoms with E-state index in [1.54, 1.807) is 12.1 Å². The highest BCUT2D eigenvalue weighted by atomic mass is 19.1. The van der Waals surface area contributed by atoms with Crippen LogP contribution in [0.25, 0.3) is 0 Å². The Morgan fingerprint density at radius 1 is 0.886 bits per heavy atom. The number of carbonyl (C=O) groups is 2. The molecule has 2 heterocycles. The number of likely N-dealkylation sites (tertiary alicyclic amines) is 1. The number of benzene rings is 2. The first-order valence-electron chi connectivity index (χ1n) is 13.2. The normalized spacial score (nSPS) is 23.2. The van der Waals surface area contributed by atoms with Crippen LogP contribution in [0, 0.1) is 17.7 Å². The molecule has 1 N–H and O–H groups in total. The van der Waals surface area contributed by atoms with Crippen LogP contribution < -0.4 is 10.2 Å². The molecule has 35 heavy (non-hydrogen) atoms. The van der Waals surface area contributed by atoms with E-state index in [-0.39, 0.29) is 29.6 Å². The Morgan fingerprint density at radius 3 is 2.34 bits per heavy atom. The van der Waals surface area contributed by atoms with Gasteiger partial charge in [0.25, 0.3) is 0 Å². The first-order chi connectivity index (χ1) is 17.1. The summed E-state index contributed by atoms with van der Waals surface area (Å²) < 4.78 is 13.1. The van der Waals surface area contributed by atoms with Crippen LogP contribution in [0.1, 0.15) is 60.9 Å². The minimum absolute atomic E-state index is 0.0523. The number of fused-ring (bicyclic) bond motifs is 1. The number of rotatable bonds is 6. The Labute approximate surface area is 207 Å². The lowest BCUT2D eigenvalue weighted by Crippen LogP contribution is -2.45. The van der Waals surface area contributed by atoms with Crippen molar-refractivity contribution in [2.75, 3.05) is 31.1 Å². The summed E-state index contributed by atoms with van der Waals surface area (Å²) in [6.07, 6.45) is 8.34. The maximum Gasteiger partial charge on any atom is 0.322 e. The van der Waals surface area contributed by atoms with Crippen LogP contribution in [0.4, 0.5) is 14.9 Å². The van der Waals surface area contributed by atoms with Gasteiger partial charge in [0, 0.05) is 29.8 Å². The maximum absolute atomic E-state index is 13.1. The quantitative estimate of drug-likeness (QED) is 0.564.